The van der Waals surface area contributed by atoms with Gasteiger partial charge in [0.1, 0.15) is 5.75 Å². The third-order valence-corrected chi connectivity index (χ3v) is 2.33. The minimum absolute atomic E-state index is 0.0964. The molecule has 6 nitrogen and oxygen atoms in total. The molecule has 104 valence electrons. The number of ether oxygens (including phenoxy) is 1. The van der Waals surface area contributed by atoms with E-state index in [1.165, 1.54) is 0 Å². The first kappa shape index (κ1) is 15.0. The molecule has 19 heavy (non-hydrogen) atoms. The Morgan fingerprint density at radius 3 is 2.47 bits per heavy atom. The van der Waals surface area contributed by atoms with Gasteiger partial charge in [0.2, 0.25) is 5.91 Å². The highest BCUT2D eigenvalue weighted by molar-refractivity contribution is 5.90. The number of hydrogen-bond acceptors (Lipinski definition) is 4. The number of amides is 2. The number of anilines is 1. The fourth-order valence-electron chi connectivity index (χ4n) is 1.41. The summed E-state index contributed by atoms with van der Waals surface area (Å²) in [6.07, 6.45) is 1.65. The molecule has 0 saturated carbocycles. The number of hydrogen-bond donors (Lipinski definition) is 3. The van der Waals surface area contributed by atoms with E-state index in [2.05, 4.69) is 5.32 Å². The van der Waals surface area contributed by atoms with Gasteiger partial charge in [-0.15, -0.1) is 0 Å². The third-order valence-electron chi connectivity index (χ3n) is 2.33. The van der Waals surface area contributed by atoms with Crippen LogP contribution in [0.5, 0.6) is 5.75 Å². The molecule has 1 aromatic rings. The number of primary amides is 1. The van der Waals surface area contributed by atoms with Gasteiger partial charge in [-0.25, -0.2) is 0 Å². The Kier molecular flexibility index (Phi) is 6.38. The van der Waals surface area contributed by atoms with Crippen LogP contribution in [-0.4, -0.2) is 30.1 Å². The second kappa shape index (κ2) is 8.10. The Bertz CT molecular complexity index is 417. The molecule has 0 aliphatic rings. The maximum Gasteiger partial charge on any atom is 0.255 e. The van der Waals surface area contributed by atoms with Crippen molar-refractivity contribution in [3.8, 4) is 5.75 Å². The quantitative estimate of drug-likeness (QED) is 0.601. The first-order valence-electron chi connectivity index (χ1n) is 6.03. The number of rotatable bonds is 8. The van der Waals surface area contributed by atoms with Gasteiger partial charge in [0, 0.05) is 18.7 Å². The topological polar surface area (TPSA) is 102 Å². The van der Waals surface area contributed by atoms with Crippen LogP contribution in [0.4, 0.5) is 5.69 Å². The van der Waals surface area contributed by atoms with Gasteiger partial charge >= 0.3 is 0 Å². The SMILES string of the molecule is NC(=O)COc1ccc(NC(=O)CCCCO)cc1. The normalized spacial score (nSPS) is 9.95. The molecule has 0 unspecified atom stereocenters. The predicted molar refractivity (Wildman–Crippen MR) is 70.7 cm³/mol. The summed E-state index contributed by atoms with van der Waals surface area (Å²) in [6.45, 7) is -0.0773. The fourth-order valence-corrected chi connectivity index (χ4v) is 1.41. The van der Waals surface area contributed by atoms with E-state index in [1.807, 2.05) is 0 Å². The molecule has 1 rings (SSSR count). The second-order valence-corrected chi connectivity index (χ2v) is 4.01. The molecule has 0 heterocycles. The Labute approximate surface area is 111 Å². The van der Waals surface area contributed by atoms with Gasteiger partial charge in [-0.05, 0) is 37.1 Å². The fraction of sp³-hybridized carbons (Fsp3) is 0.385. The third kappa shape index (κ3) is 6.42. The number of carbonyl (C=O) groups is 2. The molecule has 0 aliphatic heterocycles. The first-order chi connectivity index (χ1) is 9.11. The molecule has 0 bridgehead atoms. The summed E-state index contributed by atoms with van der Waals surface area (Å²) in [6, 6.07) is 6.65. The van der Waals surface area contributed by atoms with Crippen molar-refractivity contribution in [3.63, 3.8) is 0 Å². The molecular weight excluding hydrogens is 248 g/mol. The lowest BCUT2D eigenvalue weighted by Gasteiger charge is -2.07. The number of aliphatic hydroxyl groups excluding tert-OH is 1. The summed E-state index contributed by atoms with van der Waals surface area (Å²) in [5.41, 5.74) is 5.61. The van der Waals surface area contributed by atoms with Crippen LogP contribution >= 0.6 is 0 Å². The largest absolute Gasteiger partial charge is 0.484 e. The Balaban J connectivity index is 2.39. The first-order valence-corrected chi connectivity index (χ1v) is 6.03. The minimum Gasteiger partial charge on any atom is -0.484 e. The Hall–Kier alpha value is -2.08. The monoisotopic (exact) mass is 266 g/mol. The molecule has 0 aliphatic carbocycles. The zero-order valence-electron chi connectivity index (χ0n) is 10.6. The maximum atomic E-state index is 11.5. The second-order valence-electron chi connectivity index (χ2n) is 4.01. The van der Waals surface area contributed by atoms with Crippen LogP contribution in [0.15, 0.2) is 24.3 Å². The molecule has 4 N–H and O–H groups in total. The lowest BCUT2D eigenvalue weighted by atomic mass is 10.2. The molecule has 1 aromatic carbocycles. The standard InChI is InChI=1S/C13H18N2O4/c14-12(17)9-19-11-6-4-10(5-7-11)15-13(18)3-1-2-8-16/h4-7,16H,1-3,8-9H2,(H2,14,17)(H,15,18). The van der Waals surface area contributed by atoms with E-state index in [4.69, 9.17) is 15.6 Å². The van der Waals surface area contributed by atoms with Crippen molar-refractivity contribution in [2.45, 2.75) is 19.3 Å². The number of nitrogens with one attached hydrogen (secondary N) is 1. The summed E-state index contributed by atoms with van der Waals surface area (Å²) in [4.78, 5) is 22.0. The van der Waals surface area contributed by atoms with Crippen LogP contribution in [0.3, 0.4) is 0 Å². The summed E-state index contributed by atoms with van der Waals surface area (Å²) < 4.78 is 5.09. The predicted octanol–water partition coefficient (Wildman–Crippen LogP) is 0.652. The summed E-state index contributed by atoms with van der Waals surface area (Å²) in [5, 5.41) is 11.3. The average molecular weight is 266 g/mol. The van der Waals surface area contributed by atoms with Crippen LogP contribution < -0.4 is 15.8 Å². The lowest BCUT2D eigenvalue weighted by Crippen LogP contribution is -2.20. The molecule has 0 aromatic heterocycles. The molecule has 0 radical (unpaired) electrons. The van der Waals surface area contributed by atoms with Gasteiger partial charge in [-0.2, -0.15) is 0 Å². The molecule has 0 atom stereocenters. The van der Waals surface area contributed by atoms with E-state index in [0.29, 0.717) is 30.7 Å². The molecule has 0 fully saturated rings. The molecule has 2 amide bonds. The summed E-state index contributed by atoms with van der Waals surface area (Å²) >= 11 is 0. The lowest BCUT2D eigenvalue weighted by molar-refractivity contribution is -0.120. The van der Waals surface area contributed by atoms with Crippen molar-refractivity contribution in [2.75, 3.05) is 18.5 Å². The van der Waals surface area contributed by atoms with E-state index >= 15 is 0 Å². The summed E-state index contributed by atoms with van der Waals surface area (Å²) in [7, 11) is 0. The van der Waals surface area contributed by atoms with Gasteiger partial charge in [0.15, 0.2) is 6.61 Å². The Morgan fingerprint density at radius 2 is 1.89 bits per heavy atom. The summed E-state index contributed by atoms with van der Waals surface area (Å²) in [5.74, 6) is -0.127. The molecule has 6 heteroatoms. The molecular formula is C13H18N2O4. The van der Waals surface area contributed by atoms with Crippen LogP contribution in [-0.2, 0) is 9.59 Å². The van der Waals surface area contributed by atoms with E-state index in [-0.39, 0.29) is 19.1 Å². The van der Waals surface area contributed by atoms with Gasteiger partial charge in [0.25, 0.3) is 5.91 Å². The van der Waals surface area contributed by atoms with Crippen LogP contribution in [0.1, 0.15) is 19.3 Å². The van der Waals surface area contributed by atoms with Crippen molar-refractivity contribution in [3.05, 3.63) is 24.3 Å². The van der Waals surface area contributed by atoms with E-state index in [9.17, 15) is 9.59 Å². The van der Waals surface area contributed by atoms with E-state index in [1.54, 1.807) is 24.3 Å². The van der Waals surface area contributed by atoms with Gasteiger partial charge < -0.3 is 20.9 Å². The smallest absolute Gasteiger partial charge is 0.255 e. The van der Waals surface area contributed by atoms with Crippen LogP contribution in [0.25, 0.3) is 0 Å². The van der Waals surface area contributed by atoms with Crippen LogP contribution in [0.2, 0.25) is 0 Å². The Morgan fingerprint density at radius 1 is 1.21 bits per heavy atom. The number of carbonyl (C=O) groups excluding carboxylic acids is 2. The van der Waals surface area contributed by atoms with Crippen molar-refractivity contribution in [1.29, 1.82) is 0 Å². The van der Waals surface area contributed by atoms with Crippen molar-refractivity contribution >= 4 is 17.5 Å². The highest BCUT2D eigenvalue weighted by atomic mass is 16.5. The number of benzene rings is 1. The zero-order valence-corrected chi connectivity index (χ0v) is 10.6. The number of aliphatic hydroxyl groups is 1. The van der Waals surface area contributed by atoms with Gasteiger partial charge in [-0.1, -0.05) is 0 Å². The molecule has 0 spiro atoms. The van der Waals surface area contributed by atoms with Gasteiger partial charge in [-0.3, -0.25) is 9.59 Å². The number of unbranched alkanes of at least 4 members (excludes halogenated alkanes) is 1. The number of nitrogens with two attached hydrogens (primary N) is 1. The van der Waals surface area contributed by atoms with E-state index in [0.717, 1.165) is 0 Å². The van der Waals surface area contributed by atoms with Gasteiger partial charge in [0.05, 0.1) is 0 Å². The van der Waals surface area contributed by atoms with Crippen molar-refractivity contribution in [2.24, 2.45) is 5.73 Å². The minimum atomic E-state index is -0.540. The average Bonchev–Trinajstić information content (AvgIpc) is 2.38. The highest BCUT2D eigenvalue weighted by Gasteiger charge is 2.03. The highest BCUT2D eigenvalue weighted by Crippen LogP contribution is 2.15. The molecule has 0 saturated heterocycles. The zero-order chi connectivity index (χ0) is 14.1. The maximum absolute atomic E-state index is 11.5. The van der Waals surface area contributed by atoms with Crippen LogP contribution in [0, 0.1) is 0 Å². The van der Waals surface area contributed by atoms with Crippen molar-refractivity contribution < 1.29 is 19.4 Å². The van der Waals surface area contributed by atoms with Crippen molar-refractivity contribution in [1.82, 2.24) is 0 Å². The van der Waals surface area contributed by atoms with E-state index < -0.39 is 5.91 Å².